The summed E-state index contributed by atoms with van der Waals surface area (Å²) < 4.78 is 7.10. The van der Waals surface area contributed by atoms with Crippen LogP contribution in [0.2, 0.25) is 0 Å². The first kappa shape index (κ1) is 19.4. The largest absolute Gasteiger partial charge is 0.394 e. The van der Waals surface area contributed by atoms with Gasteiger partial charge in [-0.15, -0.1) is 0 Å². The van der Waals surface area contributed by atoms with Gasteiger partial charge in [0.1, 0.15) is 24.6 Å². The Kier molecular flexibility index (Phi) is 5.85. The number of anilines is 1. The standard InChI is InChI=1S/C18H25N5O4/c1-10(2)4-5-11(3)6-19-16-13-17(21-8-20-16)23(9-22-13)18-15(26)14(25)12(7-24)27-18/h4-5,8-9,12,14-15,18,24-26H,6-7H2,1-3H3,(H,19,20,21)/b11-5+/t12-,14?,15?,18-/m1/s1. The van der Waals surface area contributed by atoms with Crippen molar-refractivity contribution in [1.29, 1.82) is 0 Å². The molecular weight excluding hydrogens is 350 g/mol. The van der Waals surface area contributed by atoms with Crippen molar-refractivity contribution in [2.75, 3.05) is 18.5 Å². The number of aliphatic hydroxyl groups is 3. The summed E-state index contributed by atoms with van der Waals surface area (Å²) in [4.78, 5) is 12.8. The first-order chi connectivity index (χ1) is 12.9. The molecule has 2 aromatic rings. The summed E-state index contributed by atoms with van der Waals surface area (Å²) in [5, 5.41) is 32.7. The molecule has 2 aromatic heterocycles. The van der Waals surface area contributed by atoms with E-state index in [1.807, 2.05) is 32.9 Å². The molecule has 4 atom stereocenters. The third-order valence-corrected chi connectivity index (χ3v) is 4.39. The Balaban J connectivity index is 1.83. The Bertz CT molecular complexity index is 859. The summed E-state index contributed by atoms with van der Waals surface area (Å²) in [5.74, 6) is 0.565. The van der Waals surface area contributed by atoms with Crippen LogP contribution in [0.5, 0.6) is 0 Å². The van der Waals surface area contributed by atoms with E-state index < -0.39 is 24.5 Å². The Morgan fingerprint density at radius 3 is 2.63 bits per heavy atom. The van der Waals surface area contributed by atoms with Crippen LogP contribution >= 0.6 is 0 Å². The second kappa shape index (κ2) is 8.13. The van der Waals surface area contributed by atoms with Gasteiger partial charge in [0, 0.05) is 6.54 Å². The lowest BCUT2D eigenvalue weighted by Crippen LogP contribution is -2.33. The highest BCUT2D eigenvalue weighted by Gasteiger charge is 2.44. The van der Waals surface area contributed by atoms with Crippen LogP contribution < -0.4 is 5.32 Å². The zero-order valence-electron chi connectivity index (χ0n) is 15.6. The molecule has 0 saturated carbocycles. The van der Waals surface area contributed by atoms with Crippen LogP contribution in [-0.4, -0.2) is 66.3 Å². The number of ether oxygens (including phenoxy) is 1. The Morgan fingerprint density at radius 2 is 1.96 bits per heavy atom. The molecule has 0 amide bonds. The third-order valence-electron chi connectivity index (χ3n) is 4.39. The number of fused-ring (bicyclic) bond motifs is 1. The molecule has 27 heavy (non-hydrogen) atoms. The van der Waals surface area contributed by atoms with Crippen LogP contribution in [0, 0.1) is 0 Å². The van der Waals surface area contributed by atoms with Crippen molar-refractivity contribution in [2.45, 2.75) is 45.3 Å². The highest BCUT2D eigenvalue weighted by molar-refractivity contribution is 5.82. The molecule has 1 fully saturated rings. The predicted octanol–water partition coefficient (Wildman–Crippen LogP) is 0.762. The van der Waals surface area contributed by atoms with E-state index in [0.717, 1.165) is 5.57 Å². The first-order valence-electron chi connectivity index (χ1n) is 8.77. The fourth-order valence-corrected chi connectivity index (χ4v) is 2.87. The Labute approximate surface area is 157 Å². The molecule has 4 N–H and O–H groups in total. The quantitative estimate of drug-likeness (QED) is 0.545. The first-order valence-corrected chi connectivity index (χ1v) is 8.77. The SMILES string of the molecule is CC(C)=C/C=C(\C)CNc1ncnc2c1ncn2[C@@H]1O[C@H](CO)C(O)C1O. The van der Waals surface area contributed by atoms with Gasteiger partial charge in [0.25, 0.3) is 0 Å². The molecule has 3 rings (SSSR count). The van der Waals surface area contributed by atoms with Gasteiger partial charge in [-0.05, 0) is 20.8 Å². The molecule has 1 aliphatic heterocycles. The van der Waals surface area contributed by atoms with E-state index in [0.29, 0.717) is 23.5 Å². The van der Waals surface area contributed by atoms with Crippen molar-refractivity contribution in [3.05, 3.63) is 36.0 Å². The smallest absolute Gasteiger partial charge is 0.167 e. The van der Waals surface area contributed by atoms with Crippen molar-refractivity contribution in [1.82, 2.24) is 19.5 Å². The molecule has 1 saturated heterocycles. The summed E-state index contributed by atoms with van der Waals surface area (Å²) in [6, 6.07) is 0. The van der Waals surface area contributed by atoms with E-state index in [2.05, 4.69) is 20.3 Å². The molecule has 9 nitrogen and oxygen atoms in total. The van der Waals surface area contributed by atoms with Gasteiger partial charge in [-0.3, -0.25) is 4.57 Å². The van der Waals surface area contributed by atoms with E-state index in [9.17, 15) is 15.3 Å². The second-order valence-corrected chi connectivity index (χ2v) is 6.89. The van der Waals surface area contributed by atoms with E-state index in [-0.39, 0.29) is 6.61 Å². The van der Waals surface area contributed by atoms with Gasteiger partial charge in [-0.25, -0.2) is 15.0 Å². The number of allylic oxidation sites excluding steroid dienone is 3. The second-order valence-electron chi connectivity index (χ2n) is 6.89. The van der Waals surface area contributed by atoms with Crippen LogP contribution in [0.4, 0.5) is 5.82 Å². The molecule has 0 bridgehead atoms. The molecule has 3 heterocycles. The van der Waals surface area contributed by atoms with Crippen LogP contribution in [0.3, 0.4) is 0 Å². The van der Waals surface area contributed by atoms with Crippen LogP contribution in [-0.2, 0) is 4.74 Å². The molecule has 0 spiro atoms. The van der Waals surface area contributed by atoms with Crippen molar-refractivity contribution >= 4 is 17.0 Å². The molecule has 0 aromatic carbocycles. The minimum absolute atomic E-state index is 0.388. The number of nitrogens with zero attached hydrogens (tertiary/aromatic N) is 4. The number of aliphatic hydroxyl groups excluding tert-OH is 3. The van der Waals surface area contributed by atoms with E-state index in [4.69, 9.17) is 4.74 Å². The summed E-state index contributed by atoms with van der Waals surface area (Å²) >= 11 is 0. The Hall–Kier alpha value is -2.33. The van der Waals surface area contributed by atoms with Crippen LogP contribution in [0.1, 0.15) is 27.0 Å². The molecule has 0 aliphatic carbocycles. The molecule has 0 radical (unpaired) electrons. The van der Waals surface area contributed by atoms with Gasteiger partial charge in [-0.1, -0.05) is 23.3 Å². The highest BCUT2D eigenvalue weighted by atomic mass is 16.6. The van der Waals surface area contributed by atoms with E-state index >= 15 is 0 Å². The topological polar surface area (TPSA) is 126 Å². The predicted molar refractivity (Wildman–Crippen MR) is 100 cm³/mol. The van der Waals surface area contributed by atoms with Gasteiger partial charge in [0.05, 0.1) is 12.9 Å². The van der Waals surface area contributed by atoms with Crippen molar-refractivity contribution in [2.24, 2.45) is 0 Å². The fraction of sp³-hybridized carbons (Fsp3) is 0.500. The zero-order chi connectivity index (χ0) is 19.6. The maximum Gasteiger partial charge on any atom is 0.167 e. The minimum atomic E-state index is -1.19. The third kappa shape index (κ3) is 4.01. The molecule has 9 heteroatoms. The van der Waals surface area contributed by atoms with Crippen molar-refractivity contribution in [3.8, 4) is 0 Å². The van der Waals surface area contributed by atoms with Crippen molar-refractivity contribution < 1.29 is 20.1 Å². The molecule has 1 aliphatic rings. The lowest BCUT2D eigenvalue weighted by molar-refractivity contribution is -0.0511. The van der Waals surface area contributed by atoms with Gasteiger partial charge < -0.3 is 25.4 Å². The number of hydrogen-bond acceptors (Lipinski definition) is 8. The zero-order valence-corrected chi connectivity index (χ0v) is 15.6. The van der Waals surface area contributed by atoms with Crippen LogP contribution in [0.15, 0.2) is 36.0 Å². The van der Waals surface area contributed by atoms with E-state index in [1.54, 1.807) is 0 Å². The number of rotatable bonds is 6. The van der Waals surface area contributed by atoms with Gasteiger partial charge in [0.15, 0.2) is 23.2 Å². The Morgan fingerprint density at radius 1 is 1.19 bits per heavy atom. The molecule has 2 unspecified atom stereocenters. The van der Waals surface area contributed by atoms with E-state index in [1.165, 1.54) is 22.8 Å². The number of nitrogens with one attached hydrogen (secondary N) is 1. The van der Waals surface area contributed by atoms with Gasteiger partial charge >= 0.3 is 0 Å². The summed E-state index contributed by atoms with van der Waals surface area (Å²) in [6.45, 7) is 6.30. The maximum absolute atomic E-state index is 10.2. The lowest BCUT2D eigenvalue weighted by atomic mass is 10.1. The number of imidazole rings is 1. The van der Waals surface area contributed by atoms with Crippen molar-refractivity contribution in [3.63, 3.8) is 0 Å². The molecular formula is C18H25N5O4. The number of aromatic nitrogens is 4. The average Bonchev–Trinajstić information content (AvgIpc) is 3.20. The summed E-state index contributed by atoms with van der Waals surface area (Å²) in [5.41, 5.74) is 3.35. The monoisotopic (exact) mass is 375 g/mol. The number of hydrogen-bond donors (Lipinski definition) is 4. The minimum Gasteiger partial charge on any atom is -0.394 e. The summed E-state index contributed by atoms with van der Waals surface area (Å²) in [7, 11) is 0. The molecule has 146 valence electrons. The van der Waals surface area contributed by atoms with Gasteiger partial charge in [-0.2, -0.15) is 0 Å². The maximum atomic E-state index is 10.2. The van der Waals surface area contributed by atoms with Gasteiger partial charge in [0.2, 0.25) is 0 Å². The highest BCUT2D eigenvalue weighted by Crippen LogP contribution is 2.32. The average molecular weight is 375 g/mol. The fourth-order valence-electron chi connectivity index (χ4n) is 2.87. The summed E-state index contributed by atoms with van der Waals surface area (Å²) in [6.07, 6.45) is 2.85. The normalized spacial score (nSPS) is 25.8. The van der Waals surface area contributed by atoms with Crippen LogP contribution in [0.25, 0.3) is 11.2 Å². The lowest BCUT2D eigenvalue weighted by Gasteiger charge is -2.16.